The van der Waals surface area contributed by atoms with E-state index in [0.29, 0.717) is 0 Å². The van der Waals surface area contributed by atoms with E-state index in [-0.39, 0.29) is 5.91 Å². The monoisotopic (exact) mass is 279 g/mol. The molecule has 2 heteroatoms. The van der Waals surface area contributed by atoms with Crippen molar-refractivity contribution in [2.75, 3.05) is 13.1 Å². The summed E-state index contributed by atoms with van der Waals surface area (Å²) >= 11 is 0. The highest BCUT2D eigenvalue weighted by molar-refractivity contribution is 5.97. The molecule has 1 aliphatic rings. The van der Waals surface area contributed by atoms with Crippen LogP contribution in [-0.4, -0.2) is 23.9 Å². The molecular formula is C19H21NO. The number of unbranched alkanes of at least 4 members (excludes halogenated alkanes) is 1. The van der Waals surface area contributed by atoms with Crippen molar-refractivity contribution in [3.05, 3.63) is 59.7 Å². The molecule has 1 heterocycles. The lowest BCUT2D eigenvalue weighted by molar-refractivity contribution is 0.0737. The molecule has 0 spiro atoms. The van der Waals surface area contributed by atoms with Crippen LogP contribution in [0.25, 0.3) is 11.1 Å². The minimum Gasteiger partial charge on any atom is -0.338 e. The van der Waals surface area contributed by atoms with Crippen molar-refractivity contribution in [1.82, 2.24) is 4.90 Å². The highest BCUT2D eigenvalue weighted by atomic mass is 16.2. The molecule has 2 aromatic carbocycles. The highest BCUT2D eigenvalue weighted by Gasteiger charge is 2.23. The van der Waals surface area contributed by atoms with Gasteiger partial charge in [-0.15, -0.1) is 0 Å². The Balaban J connectivity index is 1.87. The molecule has 108 valence electrons. The Kier molecular flexibility index (Phi) is 4.05. The minimum atomic E-state index is 0.198. The fraction of sp³-hybridized carbons (Fsp3) is 0.316. The van der Waals surface area contributed by atoms with Gasteiger partial charge >= 0.3 is 0 Å². The zero-order chi connectivity index (χ0) is 14.7. The maximum atomic E-state index is 12.5. The van der Waals surface area contributed by atoms with Gasteiger partial charge in [0, 0.05) is 18.7 Å². The predicted octanol–water partition coefficient (Wildman–Crippen LogP) is 4.15. The van der Waals surface area contributed by atoms with Crippen molar-refractivity contribution in [1.29, 1.82) is 0 Å². The number of fused-ring (bicyclic) bond motifs is 1. The van der Waals surface area contributed by atoms with Crippen LogP contribution in [0.15, 0.2) is 48.5 Å². The van der Waals surface area contributed by atoms with Gasteiger partial charge in [-0.3, -0.25) is 4.79 Å². The van der Waals surface area contributed by atoms with Crippen molar-refractivity contribution in [2.24, 2.45) is 0 Å². The number of hydrogen-bond acceptors (Lipinski definition) is 1. The van der Waals surface area contributed by atoms with Gasteiger partial charge in [0.15, 0.2) is 0 Å². The first-order chi connectivity index (χ1) is 10.3. The van der Waals surface area contributed by atoms with Crippen LogP contribution in [0.1, 0.15) is 35.7 Å². The molecule has 21 heavy (non-hydrogen) atoms. The second kappa shape index (κ2) is 6.13. The molecule has 0 aliphatic carbocycles. The van der Waals surface area contributed by atoms with Crippen molar-refractivity contribution in [2.45, 2.75) is 26.2 Å². The largest absolute Gasteiger partial charge is 0.338 e. The van der Waals surface area contributed by atoms with Gasteiger partial charge in [0.25, 0.3) is 5.91 Å². The van der Waals surface area contributed by atoms with Crippen molar-refractivity contribution in [3.63, 3.8) is 0 Å². The first kappa shape index (κ1) is 13.9. The second-order valence-electron chi connectivity index (χ2n) is 5.63. The number of carbonyl (C=O) groups excluding carboxylic acids is 1. The quantitative estimate of drug-likeness (QED) is 0.823. The first-order valence-corrected chi connectivity index (χ1v) is 7.77. The van der Waals surface area contributed by atoms with Crippen molar-refractivity contribution >= 4 is 5.91 Å². The average Bonchev–Trinajstić information content (AvgIpc) is 2.55. The molecule has 0 unspecified atom stereocenters. The molecular weight excluding hydrogens is 258 g/mol. The zero-order valence-corrected chi connectivity index (χ0v) is 12.5. The van der Waals surface area contributed by atoms with Crippen molar-refractivity contribution in [3.8, 4) is 11.1 Å². The van der Waals surface area contributed by atoms with E-state index in [1.54, 1.807) is 0 Å². The number of amides is 1. The van der Waals surface area contributed by atoms with Gasteiger partial charge in [0.1, 0.15) is 0 Å². The van der Waals surface area contributed by atoms with Crippen LogP contribution in [0.5, 0.6) is 0 Å². The number of benzene rings is 2. The molecule has 1 amide bonds. The number of carbonyl (C=O) groups is 1. The summed E-state index contributed by atoms with van der Waals surface area (Å²) < 4.78 is 0. The SMILES string of the molecule is CCCCN1CCc2cc(-c3ccccc3)ccc2C1=O. The molecule has 1 aliphatic heterocycles. The Bertz CT molecular complexity index is 633. The summed E-state index contributed by atoms with van der Waals surface area (Å²) in [6, 6.07) is 16.6. The van der Waals surface area contributed by atoms with Crippen molar-refractivity contribution < 1.29 is 4.79 Å². The van der Waals surface area contributed by atoms with E-state index >= 15 is 0 Å². The molecule has 0 aromatic heterocycles. The van der Waals surface area contributed by atoms with E-state index in [0.717, 1.165) is 37.9 Å². The van der Waals surface area contributed by atoms with Crippen LogP contribution in [0.3, 0.4) is 0 Å². The van der Waals surface area contributed by atoms with E-state index in [4.69, 9.17) is 0 Å². The van der Waals surface area contributed by atoms with Gasteiger partial charge in [-0.1, -0.05) is 55.8 Å². The summed E-state index contributed by atoms with van der Waals surface area (Å²) in [6.07, 6.45) is 3.18. The summed E-state index contributed by atoms with van der Waals surface area (Å²) in [5.41, 5.74) is 4.48. The van der Waals surface area contributed by atoms with Crippen LogP contribution in [0.2, 0.25) is 0 Å². The van der Waals surface area contributed by atoms with E-state index in [9.17, 15) is 4.79 Å². The molecule has 0 radical (unpaired) electrons. The van der Waals surface area contributed by atoms with Gasteiger partial charge in [-0.25, -0.2) is 0 Å². The number of nitrogens with zero attached hydrogens (tertiary/aromatic N) is 1. The van der Waals surface area contributed by atoms with Crippen LogP contribution in [0, 0.1) is 0 Å². The maximum Gasteiger partial charge on any atom is 0.254 e. The van der Waals surface area contributed by atoms with E-state index in [1.165, 1.54) is 16.7 Å². The normalized spacial score (nSPS) is 14.1. The molecule has 0 N–H and O–H groups in total. The molecule has 0 fully saturated rings. The standard InChI is InChI=1S/C19H21NO/c1-2-3-12-20-13-11-17-14-16(9-10-18(17)19(20)21)15-7-5-4-6-8-15/h4-10,14H,2-3,11-13H2,1H3. The fourth-order valence-electron chi connectivity index (χ4n) is 2.91. The Morgan fingerprint density at radius 1 is 1.05 bits per heavy atom. The van der Waals surface area contributed by atoms with Gasteiger partial charge in [0.05, 0.1) is 0 Å². The topological polar surface area (TPSA) is 20.3 Å². The minimum absolute atomic E-state index is 0.198. The third-order valence-electron chi connectivity index (χ3n) is 4.16. The zero-order valence-electron chi connectivity index (χ0n) is 12.5. The number of rotatable bonds is 4. The summed E-state index contributed by atoms with van der Waals surface area (Å²) in [4.78, 5) is 14.5. The van der Waals surface area contributed by atoms with Crippen LogP contribution in [0.4, 0.5) is 0 Å². The van der Waals surface area contributed by atoms with E-state index in [1.807, 2.05) is 29.2 Å². The maximum absolute atomic E-state index is 12.5. The molecule has 0 saturated carbocycles. The lowest BCUT2D eigenvalue weighted by Gasteiger charge is -2.28. The Labute approximate surface area is 126 Å². The molecule has 3 rings (SSSR count). The van der Waals surface area contributed by atoms with Gasteiger partial charge in [-0.05, 0) is 35.6 Å². The van der Waals surface area contributed by atoms with Crippen LogP contribution < -0.4 is 0 Å². The lowest BCUT2D eigenvalue weighted by Crippen LogP contribution is -2.38. The molecule has 0 saturated heterocycles. The van der Waals surface area contributed by atoms with E-state index < -0.39 is 0 Å². The molecule has 0 atom stereocenters. The molecule has 0 bridgehead atoms. The third-order valence-corrected chi connectivity index (χ3v) is 4.16. The smallest absolute Gasteiger partial charge is 0.254 e. The first-order valence-electron chi connectivity index (χ1n) is 7.77. The summed E-state index contributed by atoms with van der Waals surface area (Å²) in [5, 5.41) is 0. The Hall–Kier alpha value is -2.09. The van der Waals surface area contributed by atoms with Gasteiger partial charge in [-0.2, -0.15) is 0 Å². The molecule has 2 nitrogen and oxygen atoms in total. The van der Waals surface area contributed by atoms with Crippen LogP contribution in [-0.2, 0) is 6.42 Å². The number of hydrogen-bond donors (Lipinski definition) is 0. The van der Waals surface area contributed by atoms with Gasteiger partial charge in [0.2, 0.25) is 0 Å². The fourth-order valence-corrected chi connectivity index (χ4v) is 2.91. The summed E-state index contributed by atoms with van der Waals surface area (Å²) in [7, 11) is 0. The third kappa shape index (κ3) is 2.85. The Morgan fingerprint density at radius 3 is 2.62 bits per heavy atom. The summed E-state index contributed by atoms with van der Waals surface area (Å²) in [6.45, 7) is 3.90. The second-order valence-corrected chi connectivity index (χ2v) is 5.63. The average molecular weight is 279 g/mol. The Morgan fingerprint density at radius 2 is 1.86 bits per heavy atom. The van der Waals surface area contributed by atoms with Crippen LogP contribution >= 0.6 is 0 Å². The summed E-state index contributed by atoms with van der Waals surface area (Å²) in [5.74, 6) is 0.198. The lowest BCUT2D eigenvalue weighted by atomic mass is 9.94. The van der Waals surface area contributed by atoms with Gasteiger partial charge < -0.3 is 4.90 Å². The van der Waals surface area contributed by atoms with E-state index in [2.05, 4.69) is 31.2 Å². The predicted molar refractivity (Wildman–Crippen MR) is 86.4 cm³/mol. The highest BCUT2D eigenvalue weighted by Crippen LogP contribution is 2.26. The molecule has 2 aromatic rings.